The maximum Gasteiger partial charge on any atom is 0.161 e. The van der Waals surface area contributed by atoms with Gasteiger partial charge < -0.3 is 9.47 Å². The second-order valence-electron chi connectivity index (χ2n) is 4.05. The number of aryl methyl sites for hydroxylation is 1. The van der Waals surface area contributed by atoms with E-state index in [9.17, 15) is 0 Å². The molecule has 2 heteroatoms. The molecule has 1 fully saturated rings. The zero-order chi connectivity index (χ0) is 10.7. The Balaban J connectivity index is 2.13. The Hall–Kier alpha value is -1.18. The standard InChI is InChI=1S/C13H18O2/c1-3-14-12-8-7-10(2)9-13(12)15-11-5-4-6-11/h7-9,11H,3-6H2,1-2H3. The molecule has 0 saturated heterocycles. The summed E-state index contributed by atoms with van der Waals surface area (Å²) in [6.45, 7) is 4.75. The van der Waals surface area contributed by atoms with E-state index < -0.39 is 0 Å². The monoisotopic (exact) mass is 206 g/mol. The van der Waals surface area contributed by atoms with Gasteiger partial charge in [0.15, 0.2) is 11.5 Å². The van der Waals surface area contributed by atoms with Crippen molar-refractivity contribution in [2.75, 3.05) is 6.61 Å². The molecule has 0 radical (unpaired) electrons. The normalized spacial score (nSPS) is 15.9. The number of hydrogen-bond acceptors (Lipinski definition) is 2. The van der Waals surface area contributed by atoms with Crippen molar-refractivity contribution in [2.24, 2.45) is 0 Å². The predicted octanol–water partition coefficient (Wildman–Crippen LogP) is 3.33. The Morgan fingerprint density at radius 1 is 1.27 bits per heavy atom. The van der Waals surface area contributed by atoms with Gasteiger partial charge in [0, 0.05) is 0 Å². The van der Waals surface area contributed by atoms with E-state index in [0.29, 0.717) is 12.7 Å². The first-order valence-corrected chi connectivity index (χ1v) is 5.69. The maximum atomic E-state index is 5.89. The van der Waals surface area contributed by atoms with Gasteiger partial charge in [-0.05, 0) is 50.8 Å². The van der Waals surface area contributed by atoms with Crippen LogP contribution in [-0.2, 0) is 0 Å². The molecular formula is C13H18O2. The summed E-state index contributed by atoms with van der Waals surface area (Å²) in [4.78, 5) is 0. The first kappa shape index (κ1) is 10.3. The summed E-state index contributed by atoms with van der Waals surface area (Å²) in [5.74, 6) is 1.77. The van der Waals surface area contributed by atoms with Crippen molar-refractivity contribution in [2.45, 2.75) is 39.2 Å². The molecule has 0 aromatic heterocycles. The smallest absolute Gasteiger partial charge is 0.161 e. The summed E-state index contributed by atoms with van der Waals surface area (Å²) in [5.41, 5.74) is 1.22. The van der Waals surface area contributed by atoms with E-state index in [2.05, 4.69) is 19.1 Å². The molecule has 0 spiro atoms. The minimum atomic E-state index is 0.408. The summed E-state index contributed by atoms with van der Waals surface area (Å²) < 4.78 is 11.4. The largest absolute Gasteiger partial charge is 0.490 e. The molecule has 0 heterocycles. The summed E-state index contributed by atoms with van der Waals surface area (Å²) >= 11 is 0. The van der Waals surface area contributed by atoms with E-state index in [1.54, 1.807) is 0 Å². The van der Waals surface area contributed by atoms with Crippen LogP contribution in [0.2, 0.25) is 0 Å². The third kappa shape index (κ3) is 2.44. The number of benzene rings is 1. The summed E-state index contributed by atoms with van der Waals surface area (Å²) in [6, 6.07) is 6.11. The minimum absolute atomic E-state index is 0.408. The Kier molecular flexibility index (Phi) is 3.14. The highest BCUT2D eigenvalue weighted by molar-refractivity contribution is 5.42. The van der Waals surface area contributed by atoms with E-state index in [1.807, 2.05) is 13.0 Å². The van der Waals surface area contributed by atoms with Crippen LogP contribution in [0.15, 0.2) is 18.2 Å². The van der Waals surface area contributed by atoms with Crippen LogP contribution in [0.4, 0.5) is 0 Å². The van der Waals surface area contributed by atoms with E-state index in [4.69, 9.17) is 9.47 Å². The molecule has 0 N–H and O–H groups in total. The SMILES string of the molecule is CCOc1ccc(C)cc1OC1CCC1. The molecule has 0 bridgehead atoms. The van der Waals surface area contributed by atoms with Crippen molar-refractivity contribution in [1.29, 1.82) is 0 Å². The van der Waals surface area contributed by atoms with Crippen LogP contribution in [0.25, 0.3) is 0 Å². The van der Waals surface area contributed by atoms with Crippen LogP contribution < -0.4 is 9.47 Å². The molecule has 15 heavy (non-hydrogen) atoms. The van der Waals surface area contributed by atoms with Gasteiger partial charge >= 0.3 is 0 Å². The summed E-state index contributed by atoms with van der Waals surface area (Å²) in [7, 11) is 0. The van der Waals surface area contributed by atoms with Crippen molar-refractivity contribution in [3.05, 3.63) is 23.8 Å². The van der Waals surface area contributed by atoms with Crippen molar-refractivity contribution in [3.8, 4) is 11.5 Å². The molecule has 2 rings (SSSR count). The molecule has 82 valence electrons. The van der Waals surface area contributed by atoms with Crippen LogP contribution in [-0.4, -0.2) is 12.7 Å². The van der Waals surface area contributed by atoms with Gasteiger partial charge in [-0.15, -0.1) is 0 Å². The molecule has 1 saturated carbocycles. The highest BCUT2D eigenvalue weighted by Crippen LogP contribution is 2.33. The van der Waals surface area contributed by atoms with Gasteiger partial charge in [0.05, 0.1) is 12.7 Å². The molecule has 2 nitrogen and oxygen atoms in total. The van der Waals surface area contributed by atoms with Crippen LogP contribution >= 0.6 is 0 Å². The molecule has 0 unspecified atom stereocenters. The van der Waals surface area contributed by atoms with Gasteiger partial charge in [0.25, 0.3) is 0 Å². The average Bonchev–Trinajstić information content (AvgIpc) is 2.16. The Labute approximate surface area is 91.2 Å². The highest BCUT2D eigenvalue weighted by atomic mass is 16.5. The van der Waals surface area contributed by atoms with Crippen LogP contribution in [0, 0.1) is 6.92 Å². The third-order valence-corrected chi connectivity index (χ3v) is 2.74. The molecule has 1 aromatic carbocycles. The van der Waals surface area contributed by atoms with E-state index in [-0.39, 0.29) is 0 Å². The number of ether oxygens (including phenoxy) is 2. The van der Waals surface area contributed by atoms with Crippen molar-refractivity contribution in [3.63, 3.8) is 0 Å². The summed E-state index contributed by atoms with van der Waals surface area (Å²) in [5, 5.41) is 0. The lowest BCUT2D eigenvalue weighted by Gasteiger charge is -2.27. The van der Waals surface area contributed by atoms with Gasteiger partial charge in [-0.25, -0.2) is 0 Å². The van der Waals surface area contributed by atoms with E-state index >= 15 is 0 Å². The lowest BCUT2D eigenvalue weighted by Crippen LogP contribution is -2.24. The predicted molar refractivity (Wildman–Crippen MR) is 60.6 cm³/mol. The first-order chi connectivity index (χ1) is 7.29. The van der Waals surface area contributed by atoms with E-state index in [1.165, 1.54) is 24.8 Å². The molecule has 1 aliphatic carbocycles. The van der Waals surface area contributed by atoms with Gasteiger partial charge in [0.1, 0.15) is 0 Å². The molecule has 0 amide bonds. The zero-order valence-corrected chi connectivity index (χ0v) is 9.45. The van der Waals surface area contributed by atoms with Gasteiger partial charge in [-0.3, -0.25) is 0 Å². The fourth-order valence-electron chi connectivity index (χ4n) is 1.65. The van der Waals surface area contributed by atoms with Crippen LogP contribution in [0.3, 0.4) is 0 Å². The maximum absolute atomic E-state index is 5.89. The quantitative estimate of drug-likeness (QED) is 0.752. The number of rotatable bonds is 4. The molecular weight excluding hydrogens is 188 g/mol. The van der Waals surface area contributed by atoms with Gasteiger partial charge in [0.2, 0.25) is 0 Å². The Bertz CT molecular complexity index is 329. The molecule has 1 aromatic rings. The lowest BCUT2D eigenvalue weighted by atomic mass is 9.96. The van der Waals surface area contributed by atoms with Crippen molar-refractivity contribution >= 4 is 0 Å². The first-order valence-electron chi connectivity index (χ1n) is 5.69. The average molecular weight is 206 g/mol. The summed E-state index contributed by atoms with van der Waals surface area (Å²) in [6.07, 6.45) is 4.06. The minimum Gasteiger partial charge on any atom is -0.490 e. The molecule has 1 aliphatic rings. The van der Waals surface area contributed by atoms with Crippen LogP contribution in [0.5, 0.6) is 11.5 Å². The lowest BCUT2D eigenvalue weighted by molar-refractivity contribution is 0.115. The van der Waals surface area contributed by atoms with Gasteiger partial charge in [-0.2, -0.15) is 0 Å². The molecule has 0 atom stereocenters. The second-order valence-corrected chi connectivity index (χ2v) is 4.05. The highest BCUT2D eigenvalue weighted by Gasteiger charge is 2.20. The van der Waals surface area contributed by atoms with E-state index in [0.717, 1.165) is 11.5 Å². The van der Waals surface area contributed by atoms with Crippen molar-refractivity contribution < 1.29 is 9.47 Å². The van der Waals surface area contributed by atoms with Gasteiger partial charge in [-0.1, -0.05) is 6.07 Å². The fraction of sp³-hybridized carbons (Fsp3) is 0.538. The van der Waals surface area contributed by atoms with Crippen LogP contribution in [0.1, 0.15) is 31.7 Å². The Morgan fingerprint density at radius 2 is 2.07 bits per heavy atom. The fourth-order valence-corrected chi connectivity index (χ4v) is 1.65. The Morgan fingerprint density at radius 3 is 2.67 bits per heavy atom. The van der Waals surface area contributed by atoms with Crippen molar-refractivity contribution in [1.82, 2.24) is 0 Å². The number of hydrogen-bond donors (Lipinski definition) is 0. The second kappa shape index (κ2) is 4.56. The zero-order valence-electron chi connectivity index (χ0n) is 9.45. The molecule has 0 aliphatic heterocycles. The third-order valence-electron chi connectivity index (χ3n) is 2.74. The topological polar surface area (TPSA) is 18.5 Å².